The second kappa shape index (κ2) is 6.15. The quantitative estimate of drug-likeness (QED) is 0.894. The van der Waals surface area contributed by atoms with Crippen molar-refractivity contribution in [2.45, 2.75) is 26.4 Å². The topological polar surface area (TPSA) is 24.9 Å². The molecule has 0 amide bonds. The van der Waals surface area contributed by atoms with Gasteiger partial charge in [0.2, 0.25) is 0 Å². The van der Waals surface area contributed by atoms with Crippen molar-refractivity contribution in [3.05, 3.63) is 50.9 Å². The Morgan fingerprint density at radius 3 is 2.94 bits per heavy atom. The molecule has 1 N–H and O–H groups in total. The van der Waals surface area contributed by atoms with Gasteiger partial charge in [-0.1, -0.05) is 30.7 Å². The molecule has 0 unspecified atom stereocenters. The summed E-state index contributed by atoms with van der Waals surface area (Å²) >= 11 is 7.70. The van der Waals surface area contributed by atoms with Crippen molar-refractivity contribution in [1.82, 2.24) is 10.3 Å². The molecule has 0 saturated heterocycles. The highest BCUT2D eigenvalue weighted by atomic mass is 35.5. The molecule has 4 heteroatoms. The van der Waals surface area contributed by atoms with Gasteiger partial charge >= 0.3 is 0 Å². The smallest absolute Gasteiger partial charge is 0.107 e. The fourth-order valence-electron chi connectivity index (χ4n) is 1.55. The number of hydrogen-bond donors (Lipinski definition) is 1. The molecular weight excluding hydrogens is 252 g/mol. The number of aryl methyl sites for hydroxylation is 1. The van der Waals surface area contributed by atoms with E-state index >= 15 is 0 Å². The second-order valence-electron chi connectivity index (χ2n) is 3.81. The van der Waals surface area contributed by atoms with Crippen LogP contribution in [0, 0.1) is 0 Å². The van der Waals surface area contributed by atoms with E-state index in [0.29, 0.717) is 0 Å². The average molecular weight is 267 g/mol. The van der Waals surface area contributed by atoms with E-state index in [9.17, 15) is 0 Å². The molecule has 0 aliphatic rings. The van der Waals surface area contributed by atoms with Gasteiger partial charge in [0.05, 0.1) is 0 Å². The largest absolute Gasteiger partial charge is 0.306 e. The van der Waals surface area contributed by atoms with Gasteiger partial charge in [-0.25, -0.2) is 4.98 Å². The second-order valence-corrected chi connectivity index (χ2v) is 5.44. The van der Waals surface area contributed by atoms with E-state index in [1.165, 1.54) is 10.4 Å². The van der Waals surface area contributed by atoms with Crippen LogP contribution in [0.5, 0.6) is 0 Å². The first kappa shape index (κ1) is 12.6. The predicted molar refractivity (Wildman–Crippen MR) is 73.5 cm³/mol. The summed E-state index contributed by atoms with van der Waals surface area (Å²) in [4.78, 5) is 5.70. The van der Waals surface area contributed by atoms with Crippen LogP contribution in [0.15, 0.2) is 30.5 Å². The maximum absolute atomic E-state index is 5.92. The molecule has 0 atom stereocenters. The summed E-state index contributed by atoms with van der Waals surface area (Å²) < 4.78 is 0. The van der Waals surface area contributed by atoms with E-state index < -0.39 is 0 Å². The molecule has 1 heterocycles. The van der Waals surface area contributed by atoms with E-state index in [1.54, 1.807) is 11.3 Å². The highest BCUT2D eigenvalue weighted by Crippen LogP contribution is 2.14. The lowest BCUT2D eigenvalue weighted by Crippen LogP contribution is -2.12. The van der Waals surface area contributed by atoms with Crippen LogP contribution in [0.3, 0.4) is 0 Å². The molecule has 2 nitrogen and oxygen atoms in total. The van der Waals surface area contributed by atoms with Crippen molar-refractivity contribution in [1.29, 1.82) is 0 Å². The van der Waals surface area contributed by atoms with E-state index in [1.807, 2.05) is 24.4 Å². The summed E-state index contributed by atoms with van der Waals surface area (Å²) in [5.41, 5.74) is 1.20. The average Bonchev–Trinajstić information content (AvgIpc) is 2.77. The van der Waals surface area contributed by atoms with Crippen molar-refractivity contribution < 1.29 is 0 Å². The summed E-state index contributed by atoms with van der Waals surface area (Å²) in [6.07, 6.45) is 3.02. The summed E-state index contributed by atoms with van der Waals surface area (Å²) in [6.45, 7) is 3.79. The Balaban J connectivity index is 1.83. The summed E-state index contributed by atoms with van der Waals surface area (Å²) in [5.74, 6) is 0. The first-order chi connectivity index (χ1) is 8.28. The van der Waals surface area contributed by atoms with E-state index in [4.69, 9.17) is 11.6 Å². The molecule has 1 aromatic carbocycles. The molecule has 0 bridgehead atoms. The van der Waals surface area contributed by atoms with Crippen molar-refractivity contribution in [2.75, 3.05) is 0 Å². The third-order valence-corrected chi connectivity index (χ3v) is 3.82. The van der Waals surface area contributed by atoms with E-state index in [-0.39, 0.29) is 0 Å². The van der Waals surface area contributed by atoms with Gasteiger partial charge in [0.15, 0.2) is 0 Å². The number of halogens is 1. The molecule has 17 heavy (non-hydrogen) atoms. The van der Waals surface area contributed by atoms with Crippen molar-refractivity contribution in [3.63, 3.8) is 0 Å². The molecule has 1 aromatic heterocycles. The summed E-state index contributed by atoms with van der Waals surface area (Å²) in [5, 5.41) is 5.30. The number of nitrogens with one attached hydrogen (secondary N) is 1. The van der Waals surface area contributed by atoms with Gasteiger partial charge in [0, 0.05) is 29.2 Å². The van der Waals surface area contributed by atoms with Crippen LogP contribution in [0.25, 0.3) is 0 Å². The normalized spacial score (nSPS) is 10.7. The van der Waals surface area contributed by atoms with Gasteiger partial charge in [-0.3, -0.25) is 0 Å². The van der Waals surface area contributed by atoms with Crippen LogP contribution in [-0.4, -0.2) is 4.98 Å². The Kier molecular flexibility index (Phi) is 4.54. The van der Waals surface area contributed by atoms with Gasteiger partial charge in [0.1, 0.15) is 5.01 Å². The minimum absolute atomic E-state index is 0.784. The fourth-order valence-corrected chi connectivity index (χ4v) is 2.60. The number of hydrogen-bond acceptors (Lipinski definition) is 3. The molecule has 0 fully saturated rings. The molecule has 0 saturated carbocycles. The van der Waals surface area contributed by atoms with Gasteiger partial charge < -0.3 is 5.32 Å². The summed E-state index contributed by atoms with van der Waals surface area (Å²) in [7, 11) is 0. The standard InChI is InChI=1S/C13H15ClN2S/c1-2-12-8-16-13(17-12)9-15-7-10-4-3-5-11(14)6-10/h3-6,8,15H,2,7,9H2,1H3. The highest BCUT2D eigenvalue weighted by molar-refractivity contribution is 7.11. The highest BCUT2D eigenvalue weighted by Gasteiger charge is 2.00. The number of thiazole rings is 1. The number of benzene rings is 1. The molecule has 2 aromatic rings. The monoisotopic (exact) mass is 266 g/mol. The van der Waals surface area contributed by atoms with Crippen LogP contribution >= 0.6 is 22.9 Å². The Morgan fingerprint density at radius 1 is 1.35 bits per heavy atom. The Morgan fingerprint density at radius 2 is 2.24 bits per heavy atom. The van der Waals surface area contributed by atoms with Crippen LogP contribution in [0.2, 0.25) is 5.02 Å². The maximum Gasteiger partial charge on any atom is 0.107 e. The third-order valence-electron chi connectivity index (χ3n) is 2.44. The van der Waals surface area contributed by atoms with Crippen LogP contribution < -0.4 is 5.32 Å². The molecule has 2 rings (SSSR count). The minimum atomic E-state index is 0.784. The van der Waals surface area contributed by atoms with Gasteiger partial charge in [-0.05, 0) is 24.1 Å². The number of aromatic nitrogens is 1. The SMILES string of the molecule is CCc1cnc(CNCc2cccc(Cl)c2)s1. The lowest BCUT2D eigenvalue weighted by atomic mass is 10.2. The predicted octanol–water partition coefficient (Wildman–Crippen LogP) is 3.65. The Labute approximate surface area is 111 Å². The molecule has 0 aliphatic carbocycles. The minimum Gasteiger partial charge on any atom is -0.306 e. The van der Waals surface area contributed by atoms with Gasteiger partial charge in [0.25, 0.3) is 0 Å². The Bertz CT molecular complexity index is 482. The van der Waals surface area contributed by atoms with Crippen molar-refractivity contribution >= 4 is 22.9 Å². The zero-order valence-corrected chi connectivity index (χ0v) is 11.3. The first-order valence-corrected chi connectivity index (χ1v) is 6.86. The number of nitrogens with zero attached hydrogens (tertiary/aromatic N) is 1. The maximum atomic E-state index is 5.92. The lowest BCUT2D eigenvalue weighted by Gasteiger charge is -2.03. The van der Waals surface area contributed by atoms with Crippen LogP contribution in [0.1, 0.15) is 22.4 Å². The van der Waals surface area contributed by atoms with Crippen molar-refractivity contribution in [2.24, 2.45) is 0 Å². The molecule has 0 aliphatic heterocycles. The van der Waals surface area contributed by atoms with Crippen molar-refractivity contribution in [3.8, 4) is 0 Å². The zero-order valence-electron chi connectivity index (χ0n) is 9.74. The first-order valence-electron chi connectivity index (χ1n) is 5.66. The van der Waals surface area contributed by atoms with E-state index in [2.05, 4.69) is 23.3 Å². The molecule has 0 spiro atoms. The zero-order chi connectivity index (χ0) is 12.1. The third kappa shape index (κ3) is 3.80. The number of rotatable bonds is 5. The molecule has 0 radical (unpaired) electrons. The Hall–Kier alpha value is -0.900. The van der Waals surface area contributed by atoms with E-state index in [0.717, 1.165) is 29.5 Å². The lowest BCUT2D eigenvalue weighted by molar-refractivity contribution is 0.690. The van der Waals surface area contributed by atoms with Gasteiger partial charge in [-0.15, -0.1) is 11.3 Å². The summed E-state index contributed by atoms with van der Waals surface area (Å²) in [6, 6.07) is 7.91. The fraction of sp³-hybridized carbons (Fsp3) is 0.308. The molecule has 90 valence electrons. The van der Waals surface area contributed by atoms with Gasteiger partial charge in [-0.2, -0.15) is 0 Å². The molecular formula is C13H15ClN2S. The van der Waals surface area contributed by atoms with Crippen LogP contribution in [-0.2, 0) is 19.5 Å². The van der Waals surface area contributed by atoms with Crippen LogP contribution in [0.4, 0.5) is 0 Å².